The van der Waals surface area contributed by atoms with Gasteiger partial charge in [0.2, 0.25) is 0 Å². The van der Waals surface area contributed by atoms with Crippen LogP contribution in [0.5, 0.6) is 5.75 Å². The molecule has 0 saturated heterocycles. The van der Waals surface area contributed by atoms with Gasteiger partial charge in [-0.3, -0.25) is 4.99 Å². The first-order valence-electron chi connectivity index (χ1n) is 7.69. The molecule has 2 unspecified atom stereocenters. The van der Waals surface area contributed by atoms with Crippen LogP contribution in [0.2, 0.25) is 0 Å². The van der Waals surface area contributed by atoms with E-state index in [1.165, 1.54) is 12.0 Å². The Morgan fingerprint density at radius 1 is 1.33 bits per heavy atom. The monoisotopic (exact) mass is 304 g/mol. The third-order valence-electron chi connectivity index (χ3n) is 3.75. The van der Waals surface area contributed by atoms with E-state index in [-0.39, 0.29) is 6.10 Å². The predicted molar refractivity (Wildman–Crippen MR) is 90.3 cm³/mol. The lowest BCUT2D eigenvalue weighted by molar-refractivity contribution is 0.235. The fourth-order valence-corrected chi connectivity index (χ4v) is 4.24. The molecule has 3 rings (SSSR count). The summed E-state index contributed by atoms with van der Waals surface area (Å²) in [5.41, 5.74) is 1.69. The third kappa shape index (κ3) is 3.94. The number of ether oxygens (including phenoxy) is 1. The number of rotatable bonds is 3. The molecule has 3 nitrogen and oxygen atoms in total. The Bertz CT molecular complexity index is 511. The predicted octanol–water partition coefficient (Wildman–Crippen LogP) is 3.49. The van der Waals surface area contributed by atoms with Crippen LogP contribution in [0.1, 0.15) is 32.8 Å². The van der Waals surface area contributed by atoms with E-state index < -0.39 is 0 Å². The summed E-state index contributed by atoms with van der Waals surface area (Å²) in [7, 11) is 0. The molecule has 2 aliphatic rings. The molecule has 0 spiro atoms. The van der Waals surface area contributed by atoms with Crippen LogP contribution in [-0.4, -0.2) is 29.6 Å². The number of para-hydroxylation sites is 1. The molecule has 0 saturated carbocycles. The highest BCUT2D eigenvalue weighted by Crippen LogP contribution is 2.32. The average Bonchev–Trinajstić information content (AvgIpc) is 3.00. The summed E-state index contributed by atoms with van der Waals surface area (Å²) in [4.78, 5) is 4.62. The lowest BCUT2D eigenvalue weighted by Gasteiger charge is -2.21. The van der Waals surface area contributed by atoms with Crippen LogP contribution in [0.15, 0.2) is 29.3 Å². The maximum atomic E-state index is 5.95. The Morgan fingerprint density at radius 2 is 2.14 bits per heavy atom. The Labute approximate surface area is 131 Å². The van der Waals surface area contributed by atoms with E-state index in [2.05, 4.69) is 49.3 Å². The van der Waals surface area contributed by atoms with Crippen LogP contribution in [0.3, 0.4) is 0 Å². The summed E-state index contributed by atoms with van der Waals surface area (Å²) in [5.74, 6) is 1.04. The number of hydrogen-bond donors (Lipinski definition) is 1. The number of benzene rings is 1. The largest absolute Gasteiger partial charge is 0.488 e. The molecule has 21 heavy (non-hydrogen) atoms. The summed E-state index contributed by atoms with van der Waals surface area (Å²) in [5, 5.41) is 5.17. The molecule has 0 amide bonds. The van der Waals surface area contributed by atoms with Gasteiger partial charge in [-0.05, 0) is 23.5 Å². The maximum Gasteiger partial charge on any atom is 0.157 e. The van der Waals surface area contributed by atoms with Crippen LogP contribution in [-0.2, 0) is 6.42 Å². The van der Waals surface area contributed by atoms with Crippen molar-refractivity contribution in [3.63, 3.8) is 0 Å². The van der Waals surface area contributed by atoms with Crippen molar-refractivity contribution in [3.05, 3.63) is 29.8 Å². The van der Waals surface area contributed by atoms with Gasteiger partial charge in [0.25, 0.3) is 0 Å². The van der Waals surface area contributed by atoms with Gasteiger partial charge in [0.15, 0.2) is 5.17 Å². The molecule has 0 aromatic heterocycles. The zero-order chi connectivity index (χ0) is 14.9. The Balaban J connectivity index is 1.44. The number of aliphatic imine (C=N–C) groups is 1. The number of nitrogens with zero attached hydrogens (tertiary/aromatic N) is 1. The van der Waals surface area contributed by atoms with Crippen molar-refractivity contribution in [2.24, 2.45) is 10.4 Å². The zero-order valence-corrected chi connectivity index (χ0v) is 13.9. The topological polar surface area (TPSA) is 33.6 Å². The molecule has 2 heterocycles. The standard InChI is InChI=1S/C17H24N2OS/c1-17(2,3)9-14-11-19-16(21-14)18-10-13-8-12-6-4-5-7-15(12)20-13/h4-7,13-14H,8-11H2,1-3H3,(H,18,19). The van der Waals surface area contributed by atoms with Gasteiger partial charge in [-0.15, -0.1) is 0 Å². The van der Waals surface area contributed by atoms with Gasteiger partial charge in [0.05, 0.1) is 13.1 Å². The van der Waals surface area contributed by atoms with Crippen molar-refractivity contribution in [2.75, 3.05) is 13.1 Å². The van der Waals surface area contributed by atoms with Gasteiger partial charge < -0.3 is 10.1 Å². The zero-order valence-electron chi connectivity index (χ0n) is 13.1. The summed E-state index contributed by atoms with van der Waals surface area (Å²) < 4.78 is 5.95. The van der Waals surface area contributed by atoms with E-state index >= 15 is 0 Å². The average molecular weight is 304 g/mol. The smallest absolute Gasteiger partial charge is 0.157 e. The molecule has 4 heteroatoms. The number of thioether (sulfide) groups is 1. The second kappa shape index (κ2) is 5.91. The highest BCUT2D eigenvalue weighted by atomic mass is 32.2. The van der Waals surface area contributed by atoms with Crippen molar-refractivity contribution in [1.82, 2.24) is 5.32 Å². The second-order valence-corrected chi connectivity index (χ2v) is 8.37. The van der Waals surface area contributed by atoms with Gasteiger partial charge in [-0.1, -0.05) is 50.7 Å². The van der Waals surface area contributed by atoms with Crippen molar-refractivity contribution in [1.29, 1.82) is 0 Å². The van der Waals surface area contributed by atoms with E-state index in [4.69, 9.17) is 4.74 Å². The first-order chi connectivity index (χ1) is 9.99. The fourth-order valence-electron chi connectivity index (χ4n) is 2.87. The molecule has 1 aromatic rings. The molecular formula is C17H24N2OS. The van der Waals surface area contributed by atoms with Gasteiger partial charge in [0, 0.05) is 11.7 Å². The minimum Gasteiger partial charge on any atom is -0.488 e. The molecule has 114 valence electrons. The third-order valence-corrected chi connectivity index (χ3v) is 4.90. The Hall–Kier alpha value is -1.16. The number of fused-ring (bicyclic) bond motifs is 1. The molecule has 0 fully saturated rings. The normalized spacial score (nSPS) is 24.4. The van der Waals surface area contributed by atoms with Gasteiger partial charge in [-0.2, -0.15) is 0 Å². The number of hydrogen-bond acceptors (Lipinski definition) is 4. The van der Waals surface area contributed by atoms with Gasteiger partial charge in [-0.25, -0.2) is 0 Å². The van der Waals surface area contributed by atoms with Crippen molar-refractivity contribution < 1.29 is 4.74 Å². The Kier molecular flexibility index (Phi) is 4.16. The quantitative estimate of drug-likeness (QED) is 0.928. The molecule has 0 aliphatic carbocycles. The van der Waals surface area contributed by atoms with Crippen LogP contribution in [0, 0.1) is 5.41 Å². The van der Waals surface area contributed by atoms with Crippen LogP contribution >= 0.6 is 11.8 Å². The Morgan fingerprint density at radius 3 is 2.90 bits per heavy atom. The van der Waals surface area contributed by atoms with E-state index in [0.29, 0.717) is 10.7 Å². The van der Waals surface area contributed by atoms with Gasteiger partial charge >= 0.3 is 0 Å². The van der Waals surface area contributed by atoms with Crippen LogP contribution < -0.4 is 10.1 Å². The highest BCUT2D eigenvalue weighted by Gasteiger charge is 2.27. The molecule has 1 aromatic carbocycles. The molecule has 2 atom stereocenters. The van der Waals surface area contributed by atoms with E-state index in [9.17, 15) is 0 Å². The minimum absolute atomic E-state index is 0.229. The fraction of sp³-hybridized carbons (Fsp3) is 0.588. The molecule has 2 aliphatic heterocycles. The lowest BCUT2D eigenvalue weighted by Crippen LogP contribution is -2.32. The highest BCUT2D eigenvalue weighted by molar-refractivity contribution is 8.14. The maximum absolute atomic E-state index is 5.95. The SMILES string of the molecule is CC(C)(C)CC1CN=C(NCC2Cc3ccccc3O2)S1. The molecular weight excluding hydrogens is 280 g/mol. The summed E-state index contributed by atoms with van der Waals surface area (Å²) in [6, 6.07) is 8.31. The molecule has 1 N–H and O–H groups in total. The van der Waals surface area contributed by atoms with Crippen molar-refractivity contribution in [2.45, 2.75) is 45.0 Å². The lowest BCUT2D eigenvalue weighted by atomic mass is 9.90. The van der Waals surface area contributed by atoms with E-state index in [0.717, 1.165) is 30.4 Å². The second-order valence-electron chi connectivity index (χ2n) is 7.08. The van der Waals surface area contributed by atoms with E-state index in [1.807, 2.05) is 17.8 Å². The molecule has 0 bridgehead atoms. The summed E-state index contributed by atoms with van der Waals surface area (Å²) >= 11 is 1.89. The summed E-state index contributed by atoms with van der Waals surface area (Å²) in [6.07, 6.45) is 2.43. The number of nitrogens with one attached hydrogen (secondary N) is 1. The van der Waals surface area contributed by atoms with Crippen LogP contribution in [0.25, 0.3) is 0 Å². The minimum atomic E-state index is 0.229. The first kappa shape index (κ1) is 14.8. The van der Waals surface area contributed by atoms with Crippen molar-refractivity contribution in [3.8, 4) is 5.75 Å². The molecule has 0 radical (unpaired) electrons. The first-order valence-corrected chi connectivity index (χ1v) is 8.57. The van der Waals surface area contributed by atoms with Crippen molar-refractivity contribution >= 4 is 16.9 Å². The summed E-state index contributed by atoms with van der Waals surface area (Å²) in [6.45, 7) is 8.66. The van der Waals surface area contributed by atoms with Gasteiger partial charge in [0.1, 0.15) is 11.9 Å². The van der Waals surface area contributed by atoms with Crippen LogP contribution in [0.4, 0.5) is 0 Å². The van der Waals surface area contributed by atoms with E-state index in [1.54, 1.807) is 0 Å². The number of amidine groups is 1.